The second-order valence-electron chi connectivity index (χ2n) is 6.04. The van der Waals surface area contributed by atoms with Crippen LogP contribution < -0.4 is 10.9 Å². The highest BCUT2D eigenvalue weighted by Crippen LogP contribution is 2.26. The zero-order valence-corrected chi connectivity index (χ0v) is 14.3. The Morgan fingerprint density at radius 1 is 1.36 bits per heavy atom. The van der Waals surface area contributed by atoms with Crippen molar-refractivity contribution in [3.05, 3.63) is 39.2 Å². The largest absolute Gasteiger partial charge is 0.368 e. The van der Waals surface area contributed by atoms with Crippen LogP contribution in [0.3, 0.4) is 0 Å². The lowest BCUT2D eigenvalue weighted by atomic mass is 10.1. The third-order valence-corrected chi connectivity index (χ3v) is 4.04. The Morgan fingerprint density at radius 2 is 2.20 bits per heavy atom. The minimum atomic E-state index is -0.278. The summed E-state index contributed by atoms with van der Waals surface area (Å²) in [5.74, 6) is 1.30. The van der Waals surface area contributed by atoms with E-state index >= 15 is 0 Å². The van der Waals surface area contributed by atoms with Crippen LogP contribution in [0.15, 0.2) is 9.32 Å². The summed E-state index contributed by atoms with van der Waals surface area (Å²) in [4.78, 5) is 35.0. The highest BCUT2D eigenvalue weighted by Gasteiger charge is 2.23. The lowest BCUT2D eigenvalue weighted by molar-refractivity contribution is -0.120. The molecule has 9 nitrogen and oxygen atoms in total. The topological polar surface area (TPSA) is 123 Å². The van der Waals surface area contributed by atoms with Crippen LogP contribution >= 0.6 is 0 Å². The molecule has 0 bridgehead atoms. The van der Waals surface area contributed by atoms with Crippen LogP contribution in [0.25, 0.3) is 0 Å². The summed E-state index contributed by atoms with van der Waals surface area (Å²) >= 11 is 0. The number of carbonyl (C=O) groups excluding carboxylic acids is 1. The fourth-order valence-corrected chi connectivity index (χ4v) is 2.77. The molecule has 3 heterocycles. The first-order valence-corrected chi connectivity index (χ1v) is 8.30. The first-order chi connectivity index (χ1) is 12.0. The number of hydrogen-bond acceptors (Lipinski definition) is 7. The van der Waals surface area contributed by atoms with Gasteiger partial charge in [-0.15, -0.1) is 0 Å². The number of rotatable bonds is 6. The first kappa shape index (κ1) is 17.3. The molecule has 9 heteroatoms. The van der Waals surface area contributed by atoms with Gasteiger partial charge in [0.1, 0.15) is 11.9 Å². The lowest BCUT2D eigenvalue weighted by Crippen LogP contribution is -2.30. The Bertz CT molecular complexity index is 807. The summed E-state index contributed by atoms with van der Waals surface area (Å²) in [7, 11) is 0. The molecule has 0 aliphatic carbocycles. The Hall–Kier alpha value is -2.55. The zero-order chi connectivity index (χ0) is 17.8. The molecule has 3 rings (SSSR count). The van der Waals surface area contributed by atoms with Gasteiger partial charge in [0.05, 0.1) is 6.42 Å². The Labute approximate surface area is 144 Å². The molecule has 134 valence electrons. The SMILES string of the molecule is Cc1nc(C)c(CC(=O)NCCc2noc([C@@H]3CCCO3)n2)c(=O)[nH]1. The van der Waals surface area contributed by atoms with E-state index in [0.29, 0.717) is 48.4 Å². The van der Waals surface area contributed by atoms with Crippen LogP contribution in [0, 0.1) is 13.8 Å². The van der Waals surface area contributed by atoms with Crippen molar-refractivity contribution in [1.82, 2.24) is 25.4 Å². The minimum Gasteiger partial charge on any atom is -0.368 e. The highest BCUT2D eigenvalue weighted by atomic mass is 16.5. The molecule has 1 aliphatic heterocycles. The van der Waals surface area contributed by atoms with Gasteiger partial charge in [-0.05, 0) is 26.7 Å². The number of nitrogens with zero attached hydrogens (tertiary/aromatic N) is 3. The molecule has 2 N–H and O–H groups in total. The molecular formula is C16H21N5O4. The maximum absolute atomic E-state index is 12.0. The Balaban J connectivity index is 1.49. The summed E-state index contributed by atoms with van der Waals surface area (Å²) in [6.07, 6.45) is 2.20. The van der Waals surface area contributed by atoms with Crippen molar-refractivity contribution in [2.24, 2.45) is 0 Å². The van der Waals surface area contributed by atoms with Gasteiger partial charge in [-0.25, -0.2) is 4.98 Å². The molecule has 0 spiro atoms. The van der Waals surface area contributed by atoms with Crippen LogP contribution in [0.1, 0.15) is 47.7 Å². The molecule has 1 amide bonds. The number of aryl methyl sites for hydroxylation is 2. The lowest BCUT2D eigenvalue weighted by Gasteiger charge is -2.06. The van der Waals surface area contributed by atoms with Crippen LogP contribution in [-0.4, -0.2) is 39.2 Å². The number of nitrogens with one attached hydrogen (secondary N) is 2. The van der Waals surface area contributed by atoms with E-state index in [2.05, 4.69) is 25.4 Å². The van der Waals surface area contributed by atoms with Crippen molar-refractivity contribution >= 4 is 5.91 Å². The molecule has 2 aromatic heterocycles. The average molecular weight is 347 g/mol. The maximum atomic E-state index is 12.0. The number of ether oxygens (including phenoxy) is 1. The number of amides is 1. The Morgan fingerprint density at radius 3 is 2.92 bits per heavy atom. The van der Waals surface area contributed by atoms with Gasteiger partial charge < -0.3 is 19.6 Å². The molecule has 1 aliphatic rings. The van der Waals surface area contributed by atoms with Crippen LogP contribution in [-0.2, 0) is 22.4 Å². The van der Waals surface area contributed by atoms with E-state index in [4.69, 9.17) is 9.26 Å². The highest BCUT2D eigenvalue weighted by molar-refractivity contribution is 5.78. The van der Waals surface area contributed by atoms with Crippen molar-refractivity contribution in [1.29, 1.82) is 0 Å². The number of carbonyl (C=O) groups is 1. The average Bonchev–Trinajstić information content (AvgIpc) is 3.22. The van der Waals surface area contributed by atoms with Crippen molar-refractivity contribution < 1.29 is 14.1 Å². The summed E-state index contributed by atoms with van der Waals surface area (Å²) in [6, 6.07) is 0. The predicted octanol–water partition coefficient (Wildman–Crippen LogP) is 0.523. The van der Waals surface area contributed by atoms with E-state index in [0.717, 1.165) is 12.8 Å². The summed E-state index contributed by atoms with van der Waals surface area (Å²) < 4.78 is 10.7. The van der Waals surface area contributed by atoms with Gasteiger partial charge in [0, 0.05) is 30.8 Å². The molecule has 1 fully saturated rings. The van der Waals surface area contributed by atoms with Gasteiger partial charge >= 0.3 is 0 Å². The maximum Gasteiger partial charge on any atom is 0.255 e. The quantitative estimate of drug-likeness (QED) is 0.781. The summed E-state index contributed by atoms with van der Waals surface area (Å²) in [5.41, 5.74) is 0.665. The Kier molecular flexibility index (Phi) is 5.22. The zero-order valence-electron chi connectivity index (χ0n) is 14.3. The van der Waals surface area contributed by atoms with Gasteiger partial charge in [0.2, 0.25) is 5.91 Å². The second-order valence-corrected chi connectivity index (χ2v) is 6.04. The third-order valence-electron chi connectivity index (χ3n) is 4.04. The fourth-order valence-electron chi connectivity index (χ4n) is 2.77. The van der Waals surface area contributed by atoms with Gasteiger partial charge in [-0.3, -0.25) is 9.59 Å². The minimum absolute atomic E-state index is 0.0120. The monoisotopic (exact) mass is 347 g/mol. The van der Waals surface area contributed by atoms with Gasteiger partial charge in [-0.2, -0.15) is 4.98 Å². The number of H-pyrrole nitrogens is 1. The van der Waals surface area contributed by atoms with E-state index < -0.39 is 0 Å². The van der Waals surface area contributed by atoms with E-state index in [9.17, 15) is 9.59 Å². The standard InChI is InChI=1S/C16H21N5O4/c1-9-11(15(23)19-10(2)18-9)8-14(22)17-6-5-13-20-16(25-21-13)12-4-3-7-24-12/h12H,3-8H2,1-2H3,(H,17,22)(H,18,19,23)/t12-/m0/s1. The second kappa shape index (κ2) is 7.56. The molecule has 1 saturated heterocycles. The van der Waals surface area contributed by atoms with Crippen molar-refractivity contribution in [3.63, 3.8) is 0 Å². The van der Waals surface area contributed by atoms with Crippen LogP contribution in [0.2, 0.25) is 0 Å². The molecule has 0 aromatic carbocycles. The molecular weight excluding hydrogens is 326 g/mol. The molecule has 0 unspecified atom stereocenters. The van der Waals surface area contributed by atoms with Crippen molar-refractivity contribution in [2.45, 2.75) is 45.6 Å². The molecule has 2 aromatic rings. The predicted molar refractivity (Wildman–Crippen MR) is 87.0 cm³/mol. The normalized spacial score (nSPS) is 17.0. The molecule has 0 saturated carbocycles. The summed E-state index contributed by atoms with van der Waals surface area (Å²) in [5, 5.41) is 6.65. The fraction of sp³-hybridized carbons (Fsp3) is 0.562. The number of aromatic amines is 1. The van der Waals surface area contributed by atoms with E-state index in [-0.39, 0.29) is 24.0 Å². The molecule has 1 atom stereocenters. The van der Waals surface area contributed by atoms with Crippen LogP contribution in [0.4, 0.5) is 0 Å². The van der Waals surface area contributed by atoms with E-state index in [1.54, 1.807) is 13.8 Å². The number of aromatic nitrogens is 4. The molecule has 0 radical (unpaired) electrons. The van der Waals surface area contributed by atoms with E-state index in [1.165, 1.54) is 0 Å². The number of hydrogen-bond donors (Lipinski definition) is 2. The van der Waals surface area contributed by atoms with Crippen molar-refractivity contribution in [3.8, 4) is 0 Å². The van der Waals surface area contributed by atoms with Gasteiger partial charge in [0.25, 0.3) is 11.4 Å². The van der Waals surface area contributed by atoms with E-state index in [1.807, 2.05) is 0 Å². The van der Waals surface area contributed by atoms with Gasteiger partial charge in [0.15, 0.2) is 5.82 Å². The van der Waals surface area contributed by atoms with Crippen LogP contribution in [0.5, 0.6) is 0 Å². The molecule has 25 heavy (non-hydrogen) atoms. The first-order valence-electron chi connectivity index (χ1n) is 8.30. The summed E-state index contributed by atoms with van der Waals surface area (Å²) in [6.45, 7) is 4.50. The third kappa shape index (κ3) is 4.30. The van der Waals surface area contributed by atoms with Crippen molar-refractivity contribution in [2.75, 3.05) is 13.2 Å². The van der Waals surface area contributed by atoms with Gasteiger partial charge in [-0.1, -0.05) is 5.16 Å². The smallest absolute Gasteiger partial charge is 0.255 e.